The molecule has 6 heteroatoms. The molecule has 2 heterocycles. The van der Waals surface area contributed by atoms with Crippen molar-refractivity contribution in [2.45, 2.75) is 6.10 Å². The van der Waals surface area contributed by atoms with E-state index in [0.717, 1.165) is 13.1 Å². The van der Waals surface area contributed by atoms with E-state index in [-0.39, 0.29) is 6.10 Å². The van der Waals surface area contributed by atoms with Gasteiger partial charge in [-0.25, -0.2) is 0 Å². The quantitative estimate of drug-likeness (QED) is 0.818. The second kappa shape index (κ2) is 4.06. The first-order valence-electron chi connectivity index (χ1n) is 4.06. The summed E-state index contributed by atoms with van der Waals surface area (Å²) in [6.45, 7) is 1.84. The Morgan fingerprint density at radius 1 is 1.29 bits per heavy atom. The molecule has 0 saturated carbocycles. The van der Waals surface area contributed by atoms with Gasteiger partial charge in [0, 0.05) is 13.1 Å². The van der Waals surface area contributed by atoms with Gasteiger partial charge in [0.1, 0.15) is 15.5 Å². The van der Waals surface area contributed by atoms with Crippen molar-refractivity contribution in [3.05, 3.63) is 14.4 Å². The predicted octanol–water partition coefficient (Wildman–Crippen LogP) is 3.40. The Morgan fingerprint density at radius 3 is 2.36 bits per heavy atom. The van der Waals surface area contributed by atoms with Gasteiger partial charge < -0.3 is 4.74 Å². The van der Waals surface area contributed by atoms with Crippen molar-refractivity contribution < 1.29 is 4.74 Å². The number of hydrogen-bond donors (Lipinski definition) is 0. The van der Waals surface area contributed by atoms with Crippen LogP contribution >= 0.6 is 46.1 Å². The molecule has 1 saturated heterocycles. The van der Waals surface area contributed by atoms with Gasteiger partial charge in [0.05, 0.1) is 5.02 Å². The number of nitrogens with zero attached hydrogens (tertiary/aromatic N) is 1. The molecule has 0 bridgehead atoms. The highest BCUT2D eigenvalue weighted by molar-refractivity contribution is 7.19. The van der Waals surface area contributed by atoms with E-state index in [1.807, 2.05) is 7.05 Å². The van der Waals surface area contributed by atoms with Gasteiger partial charge in [0.2, 0.25) is 0 Å². The van der Waals surface area contributed by atoms with Crippen LogP contribution in [0.5, 0.6) is 5.06 Å². The third kappa shape index (κ3) is 1.97. The van der Waals surface area contributed by atoms with Gasteiger partial charge >= 0.3 is 0 Å². The van der Waals surface area contributed by atoms with E-state index in [9.17, 15) is 0 Å². The molecule has 1 aromatic heterocycles. The van der Waals surface area contributed by atoms with E-state index in [1.54, 1.807) is 0 Å². The van der Waals surface area contributed by atoms with Crippen LogP contribution in [-0.2, 0) is 0 Å². The van der Waals surface area contributed by atoms with Crippen LogP contribution in [0, 0.1) is 0 Å². The van der Waals surface area contributed by atoms with Gasteiger partial charge in [-0.15, -0.1) is 0 Å². The van der Waals surface area contributed by atoms with E-state index in [2.05, 4.69) is 4.90 Å². The Labute approximate surface area is 101 Å². The van der Waals surface area contributed by atoms with Crippen molar-refractivity contribution in [3.63, 3.8) is 0 Å². The SMILES string of the molecule is CN1CC(Oc2sc(Cl)c(Cl)c2Cl)C1. The number of halogens is 3. The lowest BCUT2D eigenvalue weighted by molar-refractivity contribution is 0.0416. The zero-order chi connectivity index (χ0) is 10.3. The topological polar surface area (TPSA) is 12.5 Å². The molecule has 1 fully saturated rings. The maximum atomic E-state index is 5.93. The van der Waals surface area contributed by atoms with E-state index < -0.39 is 0 Å². The van der Waals surface area contributed by atoms with Gasteiger partial charge in [-0.05, 0) is 7.05 Å². The summed E-state index contributed by atoms with van der Waals surface area (Å²) in [6, 6.07) is 0. The van der Waals surface area contributed by atoms with Gasteiger partial charge in [-0.1, -0.05) is 46.1 Å². The first-order chi connectivity index (χ1) is 6.58. The lowest BCUT2D eigenvalue weighted by Gasteiger charge is -2.35. The monoisotopic (exact) mass is 271 g/mol. The van der Waals surface area contributed by atoms with Gasteiger partial charge in [-0.2, -0.15) is 0 Å². The largest absolute Gasteiger partial charge is 0.477 e. The number of likely N-dealkylation sites (tertiary alicyclic amines) is 1. The molecular weight excluding hydrogens is 265 g/mol. The van der Waals surface area contributed by atoms with Crippen LogP contribution in [0.1, 0.15) is 0 Å². The third-order valence-electron chi connectivity index (χ3n) is 2.03. The van der Waals surface area contributed by atoms with Crippen molar-refractivity contribution >= 4 is 46.1 Å². The minimum atomic E-state index is 0.211. The molecule has 0 aliphatic carbocycles. The molecule has 0 aromatic carbocycles. The highest BCUT2D eigenvalue weighted by atomic mass is 35.5. The molecule has 0 spiro atoms. The summed E-state index contributed by atoms with van der Waals surface area (Å²) in [6.07, 6.45) is 0.211. The van der Waals surface area contributed by atoms with Crippen LogP contribution in [0.4, 0.5) is 0 Å². The summed E-state index contributed by atoms with van der Waals surface area (Å²) in [7, 11) is 2.04. The number of likely N-dealkylation sites (N-methyl/N-ethyl adjacent to an activating group) is 1. The molecule has 14 heavy (non-hydrogen) atoms. The molecule has 0 N–H and O–H groups in total. The Bertz CT molecular complexity index is 349. The Kier molecular flexibility index (Phi) is 3.15. The summed E-state index contributed by atoms with van der Waals surface area (Å²) in [5.74, 6) is 0. The lowest BCUT2D eigenvalue weighted by atomic mass is 10.2. The second-order valence-electron chi connectivity index (χ2n) is 3.25. The summed E-state index contributed by atoms with van der Waals surface area (Å²) in [4.78, 5) is 2.16. The van der Waals surface area contributed by atoms with Crippen LogP contribution in [-0.4, -0.2) is 31.1 Å². The standard InChI is InChI=1S/C8H8Cl3NOS/c1-12-2-4(3-12)13-8-6(10)5(9)7(11)14-8/h4H,2-3H2,1H3. The molecular formula is C8H8Cl3NOS. The van der Waals surface area contributed by atoms with E-state index in [0.29, 0.717) is 19.4 Å². The van der Waals surface area contributed by atoms with E-state index in [4.69, 9.17) is 39.5 Å². The van der Waals surface area contributed by atoms with Crippen molar-refractivity contribution in [1.82, 2.24) is 4.90 Å². The van der Waals surface area contributed by atoms with Crippen LogP contribution in [0.3, 0.4) is 0 Å². The van der Waals surface area contributed by atoms with Crippen molar-refractivity contribution in [2.24, 2.45) is 0 Å². The first kappa shape index (κ1) is 10.8. The minimum Gasteiger partial charge on any atom is -0.477 e. The summed E-state index contributed by atoms with van der Waals surface area (Å²) in [5, 5.41) is 1.44. The van der Waals surface area contributed by atoms with Crippen molar-refractivity contribution in [1.29, 1.82) is 0 Å². The molecule has 1 aliphatic heterocycles. The van der Waals surface area contributed by atoms with Gasteiger partial charge in [-0.3, -0.25) is 4.90 Å². The van der Waals surface area contributed by atoms with Gasteiger partial charge in [0.25, 0.3) is 0 Å². The highest BCUT2D eigenvalue weighted by Crippen LogP contribution is 2.46. The fraction of sp³-hybridized carbons (Fsp3) is 0.500. The van der Waals surface area contributed by atoms with Crippen molar-refractivity contribution in [2.75, 3.05) is 20.1 Å². The normalized spacial score (nSPS) is 18.3. The first-order valence-corrected chi connectivity index (χ1v) is 6.01. The zero-order valence-electron chi connectivity index (χ0n) is 7.39. The van der Waals surface area contributed by atoms with Crippen molar-refractivity contribution in [3.8, 4) is 5.06 Å². The predicted molar refractivity (Wildman–Crippen MR) is 61.3 cm³/mol. The Hall–Kier alpha value is 0.330. The average molecular weight is 273 g/mol. The molecule has 1 aromatic rings. The van der Waals surface area contributed by atoms with Crippen LogP contribution in [0.2, 0.25) is 14.4 Å². The Balaban J connectivity index is 2.06. The van der Waals surface area contributed by atoms with Gasteiger partial charge in [0.15, 0.2) is 5.06 Å². The second-order valence-corrected chi connectivity index (χ2v) is 5.59. The fourth-order valence-electron chi connectivity index (χ4n) is 1.29. The van der Waals surface area contributed by atoms with Crippen LogP contribution in [0.25, 0.3) is 0 Å². The smallest absolute Gasteiger partial charge is 0.196 e. The number of ether oxygens (including phenoxy) is 1. The van der Waals surface area contributed by atoms with Crippen LogP contribution < -0.4 is 4.74 Å². The third-order valence-corrected chi connectivity index (χ3v) is 4.48. The molecule has 0 unspecified atom stereocenters. The number of hydrogen-bond acceptors (Lipinski definition) is 3. The summed E-state index contributed by atoms with van der Waals surface area (Å²) in [5.41, 5.74) is 0. The molecule has 2 rings (SSSR count). The highest BCUT2D eigenvalue weighted by Gasteiger charge is 2.27. The molecule has 1 aliphatic rings. The van der Waals surface area contributed by atoms with E-state index in [1.165, 1.54) is 11.3 Å². The molecule has 2 nitrogen and oxygen atoms in total. The molecule has 0 atom stereocenters. The lowest BCUT2D eigenvalue weighted by Crippen LogP contribution is -2.51. The summed E-state index contributed by atoms with van der Waals surface area (Å²) >= 11 is 18.9. The summed E-state index contributed by atoms with van der Waals surface area (Å²) < 4.78 is 6.11. The maximum absolute atomic E-state index is 5.93. The number of thiophene rings is 1. The molecule has 78 valence electrons. The fourth-order valence-corrected chi connectivity index (χ4v) is 2.94. The Morgan fingerprint density at radius 2 is 1.93 bits per heavy atom. The number of rotatable bonds is 2. The van der Waals surface area contributed by atoms with E-state index >= 15 is 0 Å². The molecule has 0 amide bonds. The van der Waals surface area contributed by atoms with Crippen LogP contribution in [0.15, 0.2) is 0 Å². The minimum absolute atomic E-state index is 0.211. The zero-order valence-corrected chi connectivity index (χ0v) is 10.5. The average Bonchev–Trinajstić information content (AvgIpc) is 2.31. The molecule has 0 radical (unpaired) electrons. The maximum Gasteiger partial charge on any atom is 0.196 e.